The summed E-state index contributed by atoms with van der Waals surface area (Å²) in [5, 5.41) is 6.46. The molecule has 2 N–H and O–H groups in total. The van der Waals surface area contributed by atoms with Crippen LogP contribution in [0.15, 0.2) is 53.6 Å². The number of halogens is 1. The molecule has 39 heavy (non-hydrogen) atoms. The monoisotopic (exact) mass is 571 g/mol. The topological polar surface area (TPSA) is 53.6 Å². The van der Waals surface area contributed by atoms with Gasteiger partial charge in [0.25, 0.3) is 0 Å². The standard InChI is InChI=1S/C32H46ClN3O2S/c1-3-4-5-6-7-8-9-10-11-12-13-14-20-38-31-22-28(33)18-19-30(31)35-32(37)34-29-17-15-16-27(21-29)24-36-23-26(2)39-25-36/h15-19,21-23H,3-14,20,24-25H2,1-2H3,(H2,34,35,37). The Bertz CT molecular complexity index is 1050. The summed E-state index contributed by atoms with van der Waals surface area (Å²) in [7, 11) is 0. The number of carbonyl (C=O) groups excluding carboxylic acids is 1. The van der Waals surface area contributed by atoms with Crippen molar-refractivity contribution in [3.8, 4) is 5.75 Å². The molecule has 1 heterocycles. The highest BCUT2D eigenvalue weighted by atomic mass is 35.5. The van der Waals surface area contributed by atoms with Gasteiger partial charge >= 0.3 is 6.03 Å². The molecule has 2 aromatic carbocycles. The second kappa shape index (κ2) is 18.1. The van der Waals surface area contributed by atoms with Gasteiger partial charge in [0.2, 0.25) is 0 Å². The summed E-state index contributed by atoms with van der Waals surface area (Å²) >= 11 is 8.06. The minimum Gasteiger partial charge on any atom is -0.491 e. The van der Waals surface area contributed by atoms with Crippen LogP contribution in [0.5, 0.6) is 5.75 Å². The van der Waals surface area contributed by atoms with Crippen molar-refractivity contribution >= 4 is 40.8 Å². The average molecular weight is 572 g/mol. The normalized spacial score (nSPS) is 12.9. The molecule has 214 valence electrons. The SMILES string of the molecule is CCCCCCCCCCCCCCOc1cc(Cl)ccc1NC(=O)Nc1cccc(CN2C=C(C)SC2)c1. The number of benzene rings is 2. The zero-order valence-corrected chi connectivity index (χ0v) is 25.3. The molecule has 0 bridgehead atoms. The number of nitrogens with zero attached hydrogens (tertiary/aromatic N) is 1. The highest BCUT2D eigenvalue weighted by molar-refractivity contribution is 8.03. The van der Waals surface area contributed by atoms with Gasteiger partial charge in [-0.25, -0.2) is 4.79 Å². The molecule has 0 saturated heterocycles. The molecule has 2 amide bonds. The molecule has 2 aromatic rings. The average Bonchev–Trinajstić information content (AvgIpc) is 3.32. The fraction of sp³-hybridized carbons (Fsp3) is 0.531. The molecule has 1 aliphatic rings. The maximum Gasteiger partial charge on any atom is 0.323 e. The molecule has 0 spiro atoms. The third-order valence-corrected chi connectivity index (χ3v) is 8.10. The zero-order valence-electron chi connectivity index (χ0n) is 23.8. The van der Waals surface area contributed by atoms with E-state index in [1.807, 2.05) is 30.0 Å². The quantitative estimate of drug-likeness (QED) is 0.175. The predicted octanol–water partition coefficient (Wildman–Crippen LogP) is 10.4. The maximum absolute atomic E-state index is 12.8. The number of carbonyl (C=O) groups is 1. The number of unbranched alkanes of at least 4 members (excludes halogenated alkanes) is 11. The first kappa shape index (κ1) is 31.2. The first-order valence-corrected chi connectivity index (χ1v) is 16.0. The van der Waals surface area contributed by atoms with Gasteiger partial charge in [-0.1, -0.05) is 101 Å². The Balaban J connectivity index is 1.35. The molecule has 7 heteroatoms. The number of rotatable bonds is 18. The van der Waals surface area contributed by atoms with Crippen LogP contribution in [0.3, 0.4) is 0 Å². The van der Waals surface area contributed by atoms with Crippen LogP contribution in [-0.4, -0.2) is 23.4 Å². The summed E-state index contributed by atoms with van der Waals surface area (Å²) < 4.78 is 6.02. The Morgan fingerprint density at radius 2 is 1.62 bits per heavy atom. The van der Waals surface area contributed by atoms with Crippen molar-refractivity contribution in [3.63, 3.8) is 0 Å². The minimum atomic E-state index is -0.308. The molecule has 0 unspecified atom stereocenters. The highest BCUT2D eigenvalue weighted by Gasteiger charge is 2.12. The van der Waals surface area contributed by atoms with Crippen LogP contribution in [0.2, 0.25) is 5.02 Å². The lowest BCUT2D eigenvalue weighted by molar-refractivity contribution is 0.261. The Kier molecular flexibility index (Phi) is 14.5. The minimum absolute atomic E-state index is 0.308. The first-order chi connectivity index (χ1) is 19.0. The van der Waals surface area contributed by atoms with Crippen LogP contribution >= 0.6 is 23.4 Å². The molecule has 1 aliphatic heterocycles. The Hall–Kier alpha value is -2.31. The summed E-state index contributed by atoms with van der Waals surface area (Å²) in [4.78, 5) is 16.4. The van der Waals surface area contributed by atoms with E-state index in [0.717, 1.165) is 36.5 Å². The van der Waals surface area contributed by atoms with Crippen molar-refractivity contribution in [1.82, 2.24) is 4.90 Å². The van der Waals surface area contributed by atoms with Gasteiger partial charge in [-0.05, 0) is 48.1 Å². The number of urea groups is 1. The van der Waals surface area contributed by atoms with Crippen LogP contribution < -0.4 is 15.4 Å². The van der Waals surface area contributed by atoms with Crippen LogP contribution in [0.4, 0.5) is 16.2 Å². The molecule has 3 rings (SSSR count). The van der Waals surface area contributed by atoms with E-state index >= 15 is 0 Å². The van der Waals surface area contributed by atoms with Gasteiger partial charge in [0.05, 0.1) is 18.2 Å². The molecule has 0 atom stereocenters. The van der Waals surface area contributed by atoms with Crippen molar-refractivity contribution in [1.29, 1.82) is 0 Å². The number of hydrogen-bond donors (Lipinski definition) is 2. The number of hydrogen-bond acceptors (Lipinski definition) is 4. The summed E-state index contributed by atoms with van der Waals surface area (Å²) in [6.45, 7) is 5.82. The van der Waals surface area contributed by atoms with Crippen molar-refractivity contribution in [2.24, 2.45) is 0 Å². The number of anilines is 2. The molecule has 0 radical (unpaired) electrons. The van der Waals surface area contributed by atoms with Gasteiger partial charge < -0.3 is 20.3 Å². The van der Waals surface area contributed by atoms with Crippen LogP contribution in [0.1, 0.15) is 96.5 Å². The van der Waals surface area contributed by atoms with Crippen molar-refractivity contribution < 1.29 is 9.53 Å². The van der Waals surface area contributed by atoms with Gasteiger partial charge in [-0.15, -0.1) is 11.8 Å². The van der Waals surface area contributed by atoms with Gasteiger partial charge in [0.15, 0.2) is 0 Å². The second-order valence-corrected chi connectivity index (χ2v) is 12.0. The second-order valence-electron chi connectivity index (χ2n) is 10.4. The fourth-order valence-corrected chi connectivity index (χ4v) is 5.64. The van der Waals surface area contributed by atoms with Crippen LogP contribution in [-0.2, 0) is 6.54 Å². The van der Waals surface area contributed by atoms with E-state index < -0.39 is 0 Å². The van der Waals surface area contributed by atoms with Crippen molar-refractivity contribution in [2.45, 2.75) is 97.4 Å². The highest BCUT2D eigenvalue weighted by Crippen LogP contribution is 2.29. The maximum atomic E-state index is 12.8. The predicted molar refractivity (Wildman–Crippen MR) is 169 cm³/mol. The van der Waals surface area contributed by atoms with Gasteiger partial charge in [0.1, 0.15) is 5.75 Å². The molecule has 0 aromatic heterocycles. The summed E-state index contributed by atoms with van der Waals surface area (Å²) in [5.74, 6) is 1.56. The third kappa shape index (κ3) is 12.6. The molecule has 5 nitrogen and oxygen atoms in total. The van der Waals surface area contributed by atoms with Gasteiger partial charge in [0, 0.05) is 29.5 Å². The van der Waals surface area contributed by atoms with E-state index in [4.69, 9.17) is 16.3 Å². The number of ether oxygens (including phenoxy) is 1. The smallest absolute Gasteiger partial charge is 0.323 e. The van der Waals surface area contributed by atoms with E-state index in [1.165, 1.54) is 69.1 Å². The molecular weight excluding hydrogens is 526 g/mol. The lowest BCUT2D eigenvalue weighted by Gasteiger charge is -2.16. The zero-order chi connectivity index (χ0) is 27.7. The first-order valence-electron chi connectivity index (χ1n) is 14.7. The number of nitrogens with one attached hydrogen (secondary N) is 2. The number of amides is 2. The lowest BCUT2D eigenvalue weighted by atomic mass is 10.1. The number of allylic oxidation sites excluding steroid dienone is 1. The summed E-state index contributed by atoms with van der Waals surface area (Å²) in [6.07, 6.45) is 17.8. The van der Waals surface area contributed by atoms with E-state index in [0.29, 0.717) is 23.1 Å². The molecule has 0 saturated carbocycles. The van der Waals surface area contributed by atoms with Gasteiger partial charge in [-0.2, -0.15) is 0 Å². The Morgan fingerprint density at radius 1 is 0.923 bits per heavy atom. The summed E-state index contributed by atoms with van der Waals surface area (Å²) in [6, 6.07) is 13.0. The van der Waals surface area contributed by atoms with Crippen molar-refractivity contribution in [3.05, 3.63) is 64.2 Å². The third-order valence-electron chi connectivity index (χ3n) is 6.84. The largest absolute Gasteiger partial charge is 0.491 e. The van der Waals surface area contributed by atoms with Crippen molar-refractivity contribution in [2.75, 3.05) is 23.1 Å². The molecular formula is C32H46ClN3O2S. The lowest BCUT2D eigenvalue weighted by Crippen LogP contribution is -2.20. The van der Waals surface area contributed by atoms with E-state index in [1.54, 1.807) is 18.2 Å². The van der Waals surface area contributed by atoms with E-state index in [2.05, 4.69) is 41.6 Å². The van der Waals surface area contributed by atoms with Crippen LogP contribution in [0.25, 0.3) is 0 Å². The fourth-order valence-electron chi connectivity index (χ4n) is 4.72. The van der Waals surface area contributed by atoms with E-state index in [9.17, 15) is 4.79 Å². The number of thioether (sulfide) groups is 1. The Morgan fingerprint density at radius 3 is 2.28 bits per heavy atom. The molecule has 0 fully saturated rings. The Labute approximate surface area is 245 Å². The van der Waals surface area contributed by atoms with Gasteiger partial charge in [-0.3, -0.25) is 0 Å². The van der Waals surface area contributed by atoms with E-state index in [-0.39, 0.29) is 6.03 Å². The molecule has 0 aliphatic carbocycles. The van der Waals surface area contributed by atoms with Crippen LogP contribution in [0, 0.1) is 0 Å². The summed E-state index contributed by atoms with van der Waals surface area (Å²) in [5.41, 5.74) is 2.52.